The molecule has 1 aliphatic heterocycles. The molecule has 1 aromatic rings. The van der Waals surface area contributed by atoms with Crippen LogP contribution in [0.2, 0.25) is 0 Å². The third-order valence-electron chi connectivity index (χ3n) is 3.23. The molecule has 5 nitrogen and oxygen atoms in total. The molecule has 2 rings (SSSR count). The highest BCUT2D eigenvalue weighted by atomic mass is 35.5. The molecule has 0 radical (unpaired) electrons. The third-order valence-corrected chi connectivity index (χ3v) is 3.23. The second-order valence-corrected chi connectivity index (χ2v) is 4.61. The van der Waals surface area contributed by atoms with Gasteiger partial charge in [-0.3, -0.25) is 4.79 Å². The molecule has 0 aliphatic carbocycles. The van der Waals surface area contributed by atoms with Gasteiger partial charge in [0.25, 0.3) is 5.91 Å². The van der Waals surface area contributed by atoms with Crippen LogP contribution in [0.25, 0.3) is 0 Å². The van der Waals surface area contributed by atoms with Crippen LogP contribution >= 0.6 is 12.4 Å². The van der Waals surface area contributed by atoms with Gasteiger partial charge in [0.1, 0.15) is 11.5 Å². The van der Waals surface area contributed by atoms with E-state index in [-0.39, 0.29) is 31.0 Å². The number of piperazine rings is 1. The normalized spacial score (nSPS) is 18.1. The Bertz CT molecular complexity index is 442. The van der Waals surface area contributed by atoms with E-state index in [9.17, 15) is 4.79 Å². The van der Waals surface area contributed by atoms with Crippen LogP contribution in [-0.2, 0) is 4.79 Å². The maximum atomic E-state index is 12.1. The number of hydrogen-bond donors (Lipinski definition) is 1. The fourth-order valence-corrected chi connectivity index (χ4v) is 2.13. The number of halogens is 1. The van der Waals surface area contributed by atoms with Crippen molar-refractivity contribution in [1.82, 2.24) is 10.2 Å². The minimum Gasteiger partial charge on any atom is -0.497 e. The largest absolute Gasteiger partial charge is 0.497 e. The molecule has 1 saturated heterocycles. The van der Waals surface area contributed by atoms with E-state index in [2.05, 4.69) is 5.32 Å². The molecule has 1 fully saturated rings. The fraction of sp³-hybridized carbons (Fsp3) is 0.500. The molecule has 1 aromatic carbocycles. The van der Waals surface area contributed by atoms with Crippen molar-refractivity contribution in [3.8, 4) is 11.5 Å². The van der Waals surface area contributed by atoms with Crippen molar-refractivity contribution >= 4 is 18.3 Å². The van der Waals surface area contributed by atoms with Crippen molar-refractivity contribution in [2.24, 2.45) is 0 Å². The first-order valence-corrected chi connectivity index (χ1v) is 6.47. The predicted molar refractivity (Wildman–Crippen MR) is 79.8 cm³/mol. The topological polar surface area (TPSA) is 50.8 Å². The number of carbonyl (C=O) groups excluding carboxylic acids is 1. The Morgan fingerprint density at radius 2 is 2.20 bits per heavy atom. The number of ether oxygens (including phenoxy) is 2. The van der Waals surface area contributed by atoms with Crippen molar-refractivity contribution in [2.75, 3.05) is 33.4 Å². The van der Waals surface area contributed by atoms with E-state index in [4.69, 9.17) is 9.47 Å². The van der Waals surface area contributed by atoms with Crippen molar-refractivity contribution in [3.63, 3.8) is 0 Å². The lowest BCUT2D eigenvalue weighted by Crippen LogP contribution is -2.53. The summed E-state index contributed by atoms with van der Waals surface area (Å²) in [6, 6.07) is 7.49. The standard InChI is InChI=1S/C14H20N2O3.ClH/c1-11-9-15-6-7-16(11)14(17)10-19-13-5-3-4-12(8-13)18-2;/h3-5,8,11,15H,6-7,9-10H2,1-2H3;1H/t11-;/m1./s1. The number of rotatable bonds is 4. The van der Waals surface area contributed by atoms with Gasteiger partial charge >= 0.3 is 0 Å². The smallest absolute Gasteiger partial charge is 0.260 e. The molecular weight excluding hydrogens is 280 g/mol. The third kappa shape index (κ3) is 4.28. The Hall–Kier alpha value is -1.46. The van der Waals surface area contributed by atoms with Gasteiger partial charge in [-0.1, -0.05) is 6.07 Å². The van der Waals surface area contributed by atoms with Gasteiger partial charge in [0.15, 0.2) is 6.61 Å². The summed E-state index contributed by atoms with van der Waals surface area (Å²) in [4.78, 5) is 13.9. The lowest BCUT2D eigenvalue weighted by Gasteiger charge is -2.33. The van der Waals surface area contributed by atoms with E-state index in [0.29, 0.717) is 5.75 Å². The summed E-state index contributed by atoms with van der Waals surface area (Å²) in [5, 5.41) is 3.26. The number of amides is 1. The molecule has 1 atom stereocenters. The van der Waals surface area contributed by atoms with Gasteiger partial charge in [-0.05, 0) is 19.1 Å². The Kier molecular flexibility index (Phi) is 6.61. The van der Waals surface area contributed by atoms with Crippen molar-refractivity contribution in [3.05, 3.63) is 24.3 Å². The highest BCUT2D eigenvalue weighted by Crippen LogP contribution is 2.18. The summed E-state index contributed by atoms with van der Waals surface area (Å²) in [6.07, 6.45) is 0. The van der Waals surface area contributed by atoms with E-state index in [0.717, 1.165) is 25.4 Å². The zero-order valence-electron chi connectivity index (χ0n) is 11.8. The Morgan fingerprint density at radius 1 is 1.45 bits per heavy atom. The molecule has 0 aromatic heterocycles. The van der Waals surface area contributed by atoms with E-state index in [1.807, 2.05) is 30.0 Å². The average Bonchev–Trinajstić information content (AvgIpc) is 2.45. The first-order chi connectivity index (χ1) is 9.20. The molecule has 0 unspecified atom stereocenters. The van der Waals surface area contributed by atoms with Gasteiger partial charge in [-0.25, -0.2) is 0 Å². The maximum absolute atomic E-state index is 12.1. The fourth-order valence-electron chi connectivity index (χ4n) is 2.13. The predicted octanol–water partition coefficient (Wildman–Crippen LogP) is 1.32. The summed E-state index contributed by atoms with van der Waals surface area (Å²) < 4.78 is 10.6. The number of nitrogens with one attached hydrogen (secondary N) is 1. The summed E-state index contributed by atoms with van der Waals surface area (Å²) in [5.41, 5.74) is 0. The van der Waals surface area contributed by atoms with Crippen LogP contribution in [-0.4, -0.2) is 50.2 Å². The van der Waals surface area contributed by atoms with Gasteiger partial charge in [-0.2, -0.15) is 0 Å². The van der Waals surface area contributed by atoms with Crippen LogP contribution in [0, 0.1) is 0 Å². The van der Waals surface area contributed by atoms with Crippen molar-refractivity contribution < 1.29 is 14.3 Å². The summed E-state index contributed by atoms with van der Waals surface area (Å²) in [5.74, 6) is 1.40. The molecule has 0 saturated carbocycles. The van der Waals surface area contributed by atoms with Crippen molar-refractivity contribution in [1.29, 1.82) is 0 Å². The second kappa shape index (κ2) is 7.97. The number of carbonyl (C=O) groups is 1. The lowest BCUT2D eigenvalue weighted by atomic mass is 10.2. The Labute approximate surface area is 125 Å². The Balaban J connectivity index is 0.00000200. The van der Waals surface area contributed by atoms with Crippen LogP contribution in [0.15, 0.2) is 24.3 Å². The van der Waals surface area contributed by atoms with Gasteiger partial charge in [-0.15, -0.1) is 12.4 Å². The Morgan fingerprint density at radius 3 is 2.90 bits per heavy atom. The summed E-state index contributed by atoms with van der Waals surface area (Å²) in [7, 11) is 1.60. The number of methoxy groups -OCH3 is 1. The van der Waals surface area contributed by atoms with Crippen molar-refractivity contribution in [2.45, 2.75) is 13.0 Å². The zero-order valence-corrected chi connectivity index (χ0v) is 12.6. The minimum atomic E-state index is 0. The minimum absolute atomic E-state index is 0. The van der Waals surface area contributed by atoms with Gasteiger partial charge in [0.2, 0.25) is 0 Å². The molecule has 112 valence electrons. The zero-order chi connectivity index (χ0) is 13.7. The summed E-state index contributed by atoms with van der Waals surface area (Å²) in [6.45, 7) is 4.52. The first kappa shape index (κ1) is 16.6. The van der Waals surface area contributed by atoms with E-state index in [1.54, 1.807) is 13.2 Å². The molecule has 6 heteroatoms. The number of benzene rings is 1. The number of hydrogen-bond acceptors (Lipinski definition) is 4. The molecular formula is C14H21ClN2O3. The van der Waals surface area contributed by atoms with Gasteiger partial charge in [0.05, 0.1) is 7.11 Å². The molecule has 20 heavy (non-hydrogen) atoms. The van der Waals surface area contributed by atoms with Crippen LogP contribution in [0.3, 0.4) is 0 Å². The molecule has 0 spiro atoms. The van der Waals surface area contributed by atoms with Crippen LogP contribution < -0.4 is 14.8 Å². The van der Waals surface area contributed by atoms with E-state index < -0.39 is 0 Å². The highest BCUT2D eigenvalue weighted by molar-refractivity contribution is 5.85. The first-order valence-electron chi connectivity index (χ1n) is 6.47. The molecule has 1 heterocycles. The molecule has 1 aliphatic rings. The molecule has 0 bridgehead atoms. The monoisotopic (exact) mass is 300 g/mol. The average molecular weight is 301 g/mol. The van der Waals surface area contributed by atoms with Gasteiger partial charge in [0, 0.05) is 31.7 Å². The lowest BCUT2D eigenvalue weighted by molar-refractivity contribution is -0.136. The van der Waals surface area contributed by atoms with E-state index in [1.165, 1.54) is 0 Å². The highest BCUT2D eigenvalue weighted by Gasteiger charge is 2.23. The SMILES string of the molecule is COc1cccc(OCC(=O)N2CCNC[C@H]2C)c1.Cl. The van der Waals surface area contributed by atoms with E-state index >= 15 is 0 Å². The van der Waals surface area contributed by atoms with Crippen LogP contribution in [0.4, 0.5) is 0 Å². The molecule has 1 N–H and O–H groups in total. The van der Waals surface area contributed by atoms with Gasteiger partial charge < -0.3 is 19.7 Å². The van der Waals surface area contributed by atoms with Crippen LogP contribution in [0.5, 0.6) is 11.5 Å². The quantitative estimate of drug-likeness (QED) is 0.911. The molecule has 1 amide bonds. The number of nitrogens with zero attached hydrogens (tertiary/aromatic N) is 1. The summed E-state index contributed by atoms with van der Waals surface area (Å²) >= 11 is 0. The maximum Gasteiger partial charge on any atom is 0.260 e. The second-order valence-electron chi connectivity index (χ2n) is 4.61. The van der Waals surface area contributed by atoms with Crippen LogP contribution in [0.1, 0.15) is 6.92 Å².